The van der Waals surface area contributed by atoms with E-state index in [4.69, 9.17) is 5.10 Å². The van der Waals surface area contributed by atoms with Crippen LogP contribution in [-0.4, -0.2) is 64.1 Å². The van der Waals surface area contributed by atoms with Crippen molar-refractivity contribution in [3.8, 4) is 5.69 Å². The first-order valence-electron chi connectivity index (χ1n) is 12.1. The third-order valence-corrected chi connectivity index (χ3v) is 6.69. The summed E-state index contributed by atoms with van der Waals surface area (Å²) in [5.74, 6) is 1.31. The molecule has 0 radical (unpaired) electrons. The fourth-order valence-electron chi connectivity index (χ4n) is 4.46. The standard InChI is InChI=1S/C27H31N5O2/c1-20-7-5-6-8-22(20)17-27(34)31-15-13-30(14-16-31)19-26(33)28-25-18-24(21-11-12-21)29-32(25)23-9-3-2-4-10-23/h2-10,18,21H,11-17,19H2,1H3,(H,28,33). The number of rotatable bonds is 7. The molecule has 34 heavy (non-hydrogen) atoms. The molecule has 3 aromatic rings. The van der Waals surface area contributed by atoms with Crippen LogP contribution in [0.25, 0.3) is 5.69 Å². The summed E-state index contributed by atoms with van der Waals surface area (Å²) in [6.07, 6.45) is 2.75. The average molecular weight is 458 g/mol. The zero-order valence-corrected chi connectivity index (χ0v) is 19.6. The maximum absolute atomic E-state index is 12.9. The van der Waals surface area contributed by atoms with Gasteiger partial charge in [0.1, 0.15) is 5.82 Å². The van der Waals surface area contributed by atoms with Gasteiger partial charge in [-0.05, 0) is 43.0 Å². The molecular formula is C27H31N5O2. The average Bonchev–Trinajstić information content (AvgIpc) is 3.62. The van der Waals surface area contributed by atoms with Crippen molar-refractivity contribution in [2.75, 3.05) is 38.0 Å². The first-order valence-corrected chi connectivity index (χ1v) is 12.1. The lowest BCUT2D eigenvalue weighted by atomic mass is 10.1. The van der Waals surface area contributed by atoms with Gasteiger partial charge in [0, 0.05) is 38.2 Å². The summed E-state index contributed by atoms with van der Waals surface area (Å²) in [4.78, 5) is 29.6. The van der Waals surface area contributed by atoms with Gasteiger partial charge in [0.2, 0.25) is 11.8 Å². The highest BCUT2D eigenvalue weighted by Crippen LogP contribution is 2.40. The zero-order chi connectivity index (χ0) is 23.5. The molecule has 2 fully saturated rings. The van der Waals surface area contributed by atoms with E-state index in [1.165, 1.54) is 0 Å². The second-order valence-electron chi connectivity index (χ2n) is 9.28. The Morgan fingerprint density at radius 2 is 1.68 bits per heavy atom. The van der Waals surface area contributed by atoms with Crippen molar-refractivity contribution in [1.82, 2.24) is 19.6 Å². The van der Waals surface area contributed by atoms with Crippen molar-refractivity contribution in [3.63, 3.8) is 0 Å². The van der Waals surface area contributed by atoms with Crippen LogP contribution in [0.5, 0.6) is 0 Å². The Morgan fingerprint density at radius 1 is 0.971 bits per heavy atom. The fraction of sp³-hybridized carbons (Fsp3) is 0.370. The van der Waals surface area contributed by atoms with Gasteiger partial charge in [0.05, 0.1) is 24.3 Å². The number of hydrogen-bond acceptors (Lipinski definition) is 4. The number of benzene rings is 2. The predicted octanol–water partition coefficient (Wildman–Crippen LogP) is 3.38. The van der Waals surface area contributed by atoms with E-state index in [9.17, 15) is 9.59 Å². The molecule has 1 N–H and O–H groups in total. The van der Waals surface area contributed by atoms with Crippen LogP contribution in [0.15, 0.2) is 60.7 Å². The molecule has 7 nitrogen and oxygen atoms in total. The maximum atomic E-state index is 12.9. The fourth-order valence-corrected chi connectivity index (χ4v) is 4.46. The molecule has 7 heteroatoms. The van der Waals surface area contributed by atoms with Crippen LogP contribution < -0.4 is 5.32 Å². The smallest absolute Gasteiger partial charge is 0.239 e. The van der Waals surface area contributed by atoms with Crippen LogP contribution >= 0.6 is 0 Å². The number of aromatic nitrogens is 2. The van der Waals surface area contributed by atoms with E-state index >= 15 is 0 Å². The van der Waals surface area contributed by atoms with Crippen LogP contribution in [-0.2, 0) is 16.0 Å². The van der Waals surface area contributed by atoms with Crippen molar-refractivity contribution in [3.05, 3.63) is 77.5 Å². The molecule has 1 saturated heterocycles. The molecule has 2 amide bonds. The Hall–Kier alpha value is -3.45. The van der Waals surface area contributed by atoms with E-state index in [1.807, 2.05) is 77.2 Å². The summed E-state index contributed by atoms with van der Waals surface area (Å²) in [5, 5.41) is 7.83. The van der Waals surface area contributed by atoms with Gasteiger partial charge in [-0.3, -0.25) is 14.5 Å². The van der Waals surface area contributed by atoms with Gasteiger partial charge >= 0.3 is 0 Å². The molecule has 2 aromatic carbocycles. The maximum Gasteiger partial charge on any atom is 0.239 e. The number of hydrogen-bond donors (Lipinski definition) is 1. The summed E-state index contributed by atoms with van der Waals surface area (Å²) < 4.78 is 1.83. The van der Waals surface area contributed by atoms with E-state index in [1.54, 1.807) is 0 Å². The largest absolute Gasteiger partial charge is 0.340 e. The van der Waals surface area contributed by atoms with Gasteiger partial charge < -0.3 is 10.2 Å². The van der Waals surface area contributed by atoms with Crippen LogP contribution in [0.1, 0.15) is 35.6 Å². The molecule has 2 aliphatic rings. The van der Waals surface area contributed by atoms with Gasteiger partial charge in [0.15, 0.2) is 0 Å². The predicted molar refractivity (Wildman–Crippen MR) is 132 cm³/mol. The number of carbonyl (C=O) groups excluding carboxylic acids is 2. The first kappa shape index (κ1) is 22.3. The summed E-state index contributed by atoms with van der Waals surface area (Å²) in [7, 11) is 0. The van der Waals surface area contributed by atoms with Gasteiger partial charge in [0.25, 0.3) is 0 Å². The summed E-state index contributed by atoms with van der Waals surface area (Å²) in [5.41, 5.74) is 4.20. The highest BCUT2D eigenvalue weighted by molar-refractivity contribution is 5.92. The van der Waals surface area contributed by atoms with E-state index in [-0.39, 0.29) is 11.8 Å². The minimum absolute atomic E-state index is 0.0564. The normalized spacial score (nSPS) is 16.4. The lowest BCUT2D eigenvalue weighted by molar-refractivity contribution is -0.132. The van der Waals surface area contributed by atoms with Crippen LogP contribution in [0, 0.1) is 6.92 Å². The number of para-hydroxylation sites is 1. The van der Waals surface area contributed by atoms with Crippen LogP contribution in [0.3, 0.4) is 0 Å². The van der Waals surface area contributed by atoms with Crippen molar-refractivity contribution in [1.29, 1.82) is 0 Å². The topological polar surface area (TPSA) is 70.5 Å². The highest BCUT2D eigenvalue weighted by atomic mass is 16.2. The third kappa shape index (κ3) is 5.20. The minimum atomic E-state index is -0.0564. The molecular weight excluding hydrogens is 426 g/mol. The van der Waals surface area contributed by atoms with Gasteiger partial charge in [-0.2, -0.15) is 5.10 Å². The SMILES string of the molecule is Cc1ccccc1CC(=O)N1CCN(CC(=O)Nc2cc(C3CC3)nn2-c2ccccc2)CC1. The molecule has 0 spiro atoms. The third-order valence-electron chi connectivity index (χ3n) is 6.69. The lowest BCUT2D eigenvalue weighted by Gasteiger charge is -2.34. The second kappa shape index (κ2) is 9.81. The second-order valence-corrected chi connectivity index (χ2v) is 9.28. The molecule has 1 aliphatic heterocycles. The Bertz CT molecular complexity index is 1160. The Morgan fingerprint density at radius 3 is 2.38 bits per heavy atom. The Labute approximate surface area is 200 Å². The number of nitrogens with zero attached hydrogens (tertiary/aromatic N) is 4. The summed E-state index contributed by atoms with van der Waals surface area (Å²) >= 11 is 0. The number of carbonyl (C=O) groups is 2. The minimum Gasteiger partial charge on any atom is -0.340 e. The van der Waals surface area contributed by atoms with E-state index < -0.39 is 0 Å². The number of nitrogens with one attached hydrogen (secondary N) is 1. The van der Waals surface area contributed by atoms with Crippen molar-refractivity contribution < 1.29 is 9.59 Å². The van der Waals surface area contributed by atoms with Crippen molar-refractivity contribution in [2.45, 2.75) is 32.1 Å². The summed E-state index contributed by atoms with van der Waals surface area (Å²) in [6, 6.07) is 19.9. The van der Waals surface area contributed by atoms with E-state index in [2.05, 4.69) is 10.2 Å². The number of anilines is 1. The van der Waals surface area contributed by atoms with Gasteiger partial charge in [-0.15, -0.1) is 0 Å². The quantitative estimate of drug-likeness (QED) is 0.591. The van der Waals surface area contributed by atoms with Crippen molar-refractivity contribution in [2.24, 2.45) is 0 Å². The molecule has 176 valence electrons. The molecule has 5 rings (SSSR count). The monoisotopic (exact) mass is 457 g/mol. The molecule has 2 heterocycles. The molecule has 0 bridgehead atoms. The summed E-state index contributed by atoms with van der Waals surface area (Å²) in [6.45, 7) is 5.02. The van der Waals surface area contributed by atoms with E-state index in [0.29, 0.717) is 50.9 Å². The van der Waals surface area contributed by atoms with E-state index in [0.717, 1.165) is 35.3 Å². The number of aryl methyl sites for hydroxylation is 1. The zero-order valence-electron chi connectivity index (χ0n) is 19.6. The Kier molecular flexibility index (Phi) is 6.45. The molecule has 1 aromatic heterocycles. The lowest BCUT2D eigenvalue weighted by Crippen LogP contribution is -2.50. The van der Waals surface area contributed by atoms with Crippen LogP contribution in [0.2, 0.25) is 0 Å². The number of amides is 2. The van der Waals surface area contributed by atoms with Crippen molar-refractivity contribution >= 4 is 17.6 Å². The van der Waals surface area contributed by atoms with Gasteiger partial charge in [-0.1, -0.05) is 42.5 Å². The number of piperazine rings is 1. The highest BCUT2D eigenvalue weighted by Gasteiger charge is 2.28. The molecule has 0 unspecified atom stereocenters. The van der Waals surface area contributed by atoms with Gasteiger partial charge in [-0.25, -0.2) is 4.68 Å². The first-order chi connectivity index (χ1) is 16.6. The molecule has 1 saturated carbocycles. The molecule has 0 atom stereocenters. The Balaban J connectivity index is 1.16. The van der Waals surface area contributed by atoms with Crippen LogP contribution in [0.4, 0.5) is 5.82 Å². The molecule has 1 aliphatic carbocycles.